The van der Waals surface area contributed by atoms with Crippen LogP contribution in [0.25, 0.3) is 0 Å². The third-order valence-corrected chi connectivity index (χ3v) is 4.29. The number of aromatic nitrogens is 1. The van der Waals surface area contributed by atoms with Crippen molar-refractivity contribution in [3.8, 4) is 0 Å². The molecule has 0 bridgehead atoms. The molecule has 2 aliphatic rings. The number of rotatable bonds is 3. The Balaban J connectivity index is 1.59. The molecule has 2 N–H and O–H groups in total. The second-order valence-electron chi connectivity index (χ2n) is 5.95. The first-order valence-electron chi connectivity index (χ1n) is 8.11. The van der Waals surface area contributed by atoms with Gasteiger partial charge in [-0.1, -0.05) is 0 Å². The first kappa shape index (κ1) is 15.2. The van der Waals surface area contributed by atoms with E-state index in [0.717, 1.165) is 24.6 Å². The molecule has 6 heteroatoms. The zero-order chi connectivity index (χ0) is 15.4. The van der Waals surface area contributed by atoms with Gasteiger partial charge in [0.1, 0.15) is 11.9 Å². The van der Waals surface area contributed by atoms with Crippen molar-refractivity contribution in [1.29, 1.82) is 0 Å². The fraction of sp³-hybridized carbons (Fsp3) is 0.625. The van der Waals surface area contributed by atoms with E-state index in [2.05, 4.69) is 20.5 Å². The van der Waals surface area contributed by atoms with Crippen LogP contribution in [-0.2, 0) is 9.53 Å². The summed E-state index contributed by atoms with van der Waals surface area (Å²) in [5.41, 5.74) is 0.727. The van der Waals surface area contributed by atoms with Gasteiger partial charge in [-0.3, -0.25) is 4.79 Å². The molecular formula is C16H24N4O2. The lowest BCUT2D eigenvalue weighted by Crippen LogP contribution is -2.53. The van der Waals surface area contributed by atoms with E-state index in [0.29, 0.717) is 13.2 Å². The molecule has 6 nitrogen and oxygen atoms in total. The lowest BCUT2D eigenvalue weighted by atomic mass is 10.1. The maximum absolute atomic E-state index is 12.3. The maximum atomic E-state index is 12.3. The Hall–Kier alpha value is -1.66. The highest BCUT2D eigenvalue weighted by Gasteiger charge is 2.28. The van der Waals surface area contributed by atoms with Crippen molar-refractivity contribution in [2.24, 2.45) is 0 Å². The number of hydrogen-bond acceptors (Lipinski definition) is 5. The number of piperidine rings is 1. The molecule has 120 valence electrons. The zero-order valence-corrected chi connectivity index (χ0v) is 13.0. The molecule has 2 aliphatic heterocycles. The van der Waals surface area contributed by atoms with E-state index < -0.39 is 0 Å². The zero-order valence-electron chi connectivity index (χ0n) is 13.0. The summed E-state index contributed by atoms with van der Waals surface area (Å²) in [6.07, 6.45) is 5.38. The summed E-state index contributed by atoms with van der Waals surface area (Å²) in [4.78, 5) is 19.1. The number of pyridine rings is 1. The van der Waals surface area contributed by atoms with Crippen LogP contribution in [-0.4, -0.2) is 49.3 Å². The van der Waals surface area contributed by atoms with Crippen molar-refractivity contribution in [1.82, 2.24) is 10.3 Å². The van der Waals surface area contributed by atoms with E-state index in [1.165, 1.54) is 19.3 Å². The van der Waals surface area contributed by atoms with Gasteiger partial charge in [0.15, 0.2) is 0 Å². The van der Waals surface area contributed by atoms with Crippen molar-refractivity contribution < 1.29 is 9.53 Å². The molecule has 0 unspecified atom stereocenters. The molecule has 0 aliphatic carbocycles. The molecule has 22 heavy (non-hydrogen) atoms. The van der Waals surface area contributed by atoms with E-state index in [1.54, 1.807) is 6.20 Å². The van der Waals surface area contributed by atoms with Gasteiger partial charge in [-0.05, 0) is 38.3 Å². The molecule has 2 fully saturated rings. The lowest BCUT2D eigenvalue weighted by Gasteiger charge is -2.29. The van der Waals surface area contributed by atoms with E-state index in [-0.39, 0.29) is 18.1 Å². The molecule has 2 atom stereocenters. The lowest BCUT2D eigenvalue weighted by molar-refractivity contribution is -0.123. The molecule has 1 aromatic heterocycles. The minimum atomic E-state index is -0.310. The maximum Gasteiger partial charge on any atom is 0.244 e. The number of anilines is 2. The second kappa shape index (κ2) is 7.07. The number of carbonyl (C=O) groups excluding carboxylic acids is 1. The van der Waals surface area contributed by atoms with Crippen molar-refractivity contribution >= 4 is 17.4 Å². The largest absolute Gasteiger partial charge is 0.375 e. The number of nitrogens with one attached hydrogen (secondary N) is 2. The van der Waals surface area contributed by atoms with Gasteiger partial charge in [-0.25, -0.2) is 4.98 Å². The minimum Gasteiger partial charge on any atom is -0.375 e. The van der Waals surface area contributed by atoms with Crippen LogP contribution in [0.3, 0.4) is 0 Å². The standard InChI is InChI=1S/C16H24N4O2/c1-12-15(17-7-10-22-12)16(21)19-13-5-6-14(18-11-13)20-8-3-2-4-9-20/h5-6,11-12,15,17H,2-4,7-10H2,1H3,(H,19,21)/t12-,15+/m1/s1. The van der Waals surface area contributed by atoms with Gasteiger partial charge >= 0.3 is 0 Å². The Bertz CT molecular complexity index is 499. The second-order valence-corrected chi connectivity index (χ2v) is 5.95. The monoisotopic (exact) mass is 304 g/mol. The fourth-order valence-corrected chi connectivity index (χ4v) is 3.02. The summed E-state index contributed by atoms with van der Waals surface area (Å²) in [7, 11) is 0. The topological polar surface area (TPSA) is 66.5 Å². The van der Waals surface area contributed by atoms with Crippen molar-refractivity contribution in [2.75, 3.05) is 36.5 Å². The molecule has 3 rings (SSSR count). The number of hydrogen-bond donors (Lipinski definition) is 2. The van der Waals surface area contributed by atoms with Gasteiger partial charge in [-0.15, -0.1) is 0 Å². The molecule has 0 radical (unpaired) electrons. The Morgan fingerprint density at radius 3 is 2.86 bits per heavy atom. The highest BCUT2D eigenvalue weighted by Crippen LogP contribution is 2.19. The predicted molar refractivity (Wildman–Crippen MR) is 86.1 cm³/mol. The number of morpholine rings is 1. The summed E-state index contributed by atoms with van der Waals surface area (Å²) >= 11 is 0. The average molecular weight is 304 g/mol. The summed E-state index contributed by atoms with van der Waals surface area (Å²) in [5, 5.41) is 6.10. The van der Waals surface area contributed by atoms with Crippen LogP contribution in [0.2, 0.25) is 0 Å². The van der Waals surface area contributed by atoms with Gasteiger partial charge in [-0.2, -0.15) is 0 Å². The first-order valence-corrected chi connectivity index (χ1v) is 8.11. The first-order chi connectivity index (χ1) is 10.7. The SMILES string of the molecule is C[C@H]1OCCN[C@@H]1C(=O)Nc1ccc(N2CCCCC2)nc1. The quantitative estimate of drug-likeness (QED) is 0.883. The Kier molecular flexibility index (Phi) is 4.90. The molecule has 2 saturated heterocycles. The molecule has 0 aromatic carbocycles. The minimum absolute atomic E-state index is 0.0697. The van der Waals surface area contributed by atoms with E-state index >= 15 is 0 Å². The van der Waals surface area contributed by atoms with E-state index in [9.17, 15) is 4.79 Å². The molecule has 3 heterocycles. The third-order valence-electron chi connectivity index (χ3n) is 4.29. The van der Waals surface area contributed by atoms with Crippen LogP contribution in [0.5, 0.6) is 0 Å². The van der Waals surface area contributed by atoms with E-state index in [4.69, 9.17) is 4.74 Å². The smallest absolute Gasteiger partial charge is 0.244 e. The third kappa shape index (κ3) is 3.56. The van der Waals surface area contributed by atoms with Crippen LogP contribution in [0.15, 0.2) is 18.3 Å². The summed E-state index contributed by atoms with van der Waals surface area (Å²) < 4.78 is 5.50. The molecule has 1 aromatic rings. The number of ether oxygens (including phenoxy) is 1. The Morgan fingerprint density at radius 1 is 1.36 bits per heavy atom. The highest BCUT2D eigenvalue weighted by molar-refractivity contribution is 5.95. The number of nitrogens with zero attached hydrogens (tertiary/aromatic N) is 2. The summed E-state index contributed by atoms with van der Waals surface area (Å²) in [6.45, 7) is 5.40. The van der Waals surface area contributed by atoms with Crippen LogP contribution in [0.1, 0.15) is 26.2 Å². The van der Waals surface area contributed by atoms with Crippen molar-refractivity contribution in [2.45, 2.75) is 38.3 Å². The molecular weight excluding hydrogens is 280 g/mol. The summed E-state index contributed by atoms with van der Waals surface area (Å²) in [6, 6.07) is 3.59. The van der Waals surface area contributed by atoms with Gasteiger partial charge in [0.25, 0.3) is 0 Å². The molecule has 1 amide bonds. The van der Waals surface area contributed by atoms with Crippen molar-refractivity contribution in [3.63, 3.8) is 0 Å². The van der Waals surface area contributed by atoms with Crippen LogP contribution >= 0.6 is 0 Å². The van der Waals surface area contributed by atoms with Crippen LogP contribution < -0.4 is 15.5 Å². The van der Waals surface area contributed by atoms with E-state index in [1.807, 2.05) is 19.1 Å². The van der Waals surface area contributed by atoms with Gasteiger partial charge < -0.3 is 20.3 Å². The van der Waals surface area contributed by atoms with Crippen molar-refractivity contribution in [3.05, 3.63) is 18.3 Å². The summed E-state index contributed by atoms with van der Waals surface area (Å²) in [5.74, 6) is 0.921. The fourth-order valence-electron chi connectivity index (χ4n) is 3.02. The van der Waals surface area contributed by atoms with Gasteiger partial charge in [0.2, 0.25) is 5.91 Å². The normalized spacial score (nSPS) is 25.8. The van der Waals surface area contributed by atoms with Gasteiger partial charge in [0.05, 0.1) is 24.6 Å². The molecule has 0 spiro atoms. The Morgan fingerprint density at radius 2 is 2.18 bits per heavy atom. The highest BCUT2D eigenvalue weighted by atomic mass is 16.5. The predicted octanol–water partition coefficient (Wildman–Crippen LogP) is 1.39. The number of amides is 1. The Labute approximate surface area is 131 Å². The van der Waals surface area contributed by atoms with Crippen LogP contribution in [0, 0.1) is 0 Å². The average Bonchev–Trinajstić information content (AvgIpc) is 2.57. The molecule has 0 saturated carbocycles. The number of carbonyl (C=O) groups is 1. The van der Waals surface area contributed by atoms with Crippen LogP contribution in [0.4, 0.5) is 11.5 Å². The van der Waals surface area contributed by atoms with Gasteiger partial charge in [0, 0.05) is 19.6 Å².